The van der Waals surface area contributed by atoms with Crippen LogP contribution in [0.2, 0.25) is 0 Å². The van der Waals surface area contributed by atoms with Crippen LogP contribution in [-0.2, 0) is 0 Å². The molecule has 0 fully saturated rings. The smallest absolute Gasteiger partial charge is 0.00597 e. The van der Waals surface area contributed by atoms with Crippen molar-refractivity contribution < 1.29 is 0 Å². The standard InChI is InChI=1S/C19H23N/c1-2-16(13-14-20)11-12-17-7-6-10-19(15-17)18-8-4-3-5-9-18/h3-5,8-11,13-15H,2,6-7,12,20H2,1H3/b14-13-,16-11-. The van der Waals surface area contributed by atoms with Crippen molar-refractivity contribution in [1.29, 1.82) is 0 Å². The predicted molar refractivity (Wildman–Crippen MR) is 88.1 cm³/mol. The minimum absolute atomic E-state index is 1.03. The van der Waals surface area contributed by atoms with Crippen molar-refractivity contribution in [3.05, 3.63) is 77.5 Å². The molecule has 104 valence electrons. The van der Waals surface area contributed by atoms with E-state index in [0.29, 0.717) is 0 Å². The Labute approximate surface area is 122 Å². The SMILES string of the molecule is CCC(/C=C\N)=C/CC1=CC(c2ccccc2)=CCC1. The number of hydrogen-bond donors (Lipinski definition) is 1. The summed E-state index contributed by atoms with van der Waals surface area (Å²) >= 11 is 0. The van der Waals surface area contributed by atoms with Crippen LogP contribution >= 0.6 is 0 Å². The van der Waals surface area contributed by atoms with Gasteiger partial charge in [-0.25, -0.2) is 0 Å². The normalized spacial score (nSPS) is 16.1. The Kier molecular flexibility index (Phi) is 5.43. The molecular weight excluding hydrogens is 242 g/mol. The molecule has 0 saturated carbocycles. The van der Waals surface area contributed by atoms with Gasteiger partial charge in [0, 0.05) is 0 Å². The molecule has 0 radical (unpaired) electrons. The van der Waals surface area contributed by atoms with E-state index in [1.807, 2.05) is 6.08 Å². The molecule has 0 bridgehead atoms. The number of nitrogens with two attached hydrogens (primary N) is 1. The number of hydrogen-bond acceptors (Lipinski definition) is 1. The maximum absolute atomic E-state index is 5.47. The van der Waals surface area contributed by atoms with E-state index in [-0.39, 0.29) is 0 Å². The fourth-order valence-electron chi connectivity index (χ4n) is 2.47. The average Bonchev–Trinajstić information content (AvgIpc) is 2.52. The highest BCUT2D eigenvalue weighted by molar-refractivity contribution is 5.75. The zero-order valence-electron chi connectivity index (χ0n) is 12.2. The predicted octanol–water partition coefficient (Wildman–Crippen LogP) is 4.99. The Bertz CT molecular complexity index is 544. The molecule has 1 aliphatic carbocycles. The van der Waals surface area contributed by atoms with Crippen molar-refractivity contribution in [1.82, 2.24) is 0 Å². The van der Waals surface area contributed by atoms with Crippen LogP contribution in [0.25, 0.3) is 5.57 Å². The fraction of sp³-hybridized carbons (Fsp3) is 0.263. The van der Waals surface area contributed by atoms with E-state index < -0.39 is 0 Å². The van der Waals surface area contributed by atoms with Crippen molar-refractivity contribution in [2.24, 2.45) is 5.73 Å². The second-order valence-electron chi connectivity index (χ2n) is 5.06. The van der Waals surface area contributed by atoms with Gasteiger partial charge in [-0.15, -0.1) is 0 Å². The fourth-order valence-corrected chi connectivity index (χ4v) is 2.47. The Morgan fingerprint density at radius 2 is 2.05 bits per heavy atom. The second-order valence-corrected chi connectivity index (χ2v) is 5.06. The van der Waals surface area contributed by atoms with Crippen LogP contribution in [0.15, 0.2) is 72.0 Å². The number of benzene rings is 1. The molecule has 1 aromatic carbocycles. The van der Waals surface area contributed by atoms with Gasteiger partial charge in [-0.2, -0.15) is 0 Å². The molecule has 0 amide bonds. The van der Waals surface area contributed by atoms with E-state index in [2.05, 4.69) is 55.5 Å². The average molecular weight is 265 g/mol. The Balaban J connectivity index is 2.10. The molecule has 0 aromatic heterocycles. The molecule has 0 heterocycles. The summed E-state index contributed by atoms with van der Waals surface area (Å²) in [5, 5.41) is 0. The lowest BCUT2D eigenvalue weighted by molar-refractivity contribution is 0.923. The maximum atomic E-state index is 5.47. The van der Waals surface area contributed by atoms with Gasteiger partial charge < -0.3 is 5.73 Å². The van der Waals surface area contributed by atoms with Crippen LogP contribution in [0.5, 0.6) is 0 Å². The van der Waals surface area contributed by atoms with Gasteiger partial charge in [-0.05, 0) is 49.1 Å². The largest absolute Gasteiger partial charge is 0.405 e. The first-order valence-corrected chi connectivity index (χ1v) is 7.35. The summed E-state index contributed by atoms with van der Waals surface area (Å²) < 4.78 is 0. The molecule has 2 rings (SSSR count). The van der Waals surface area contributed by atoms with Gasteiger partial charge >= 0.3 is 0 Å². The second kappa shape index (κ2) is 7.54. The Hall–Kier alpha value is -2.02. The topological polar surface area (TPSA) is 26.0 Å². The highest BCUT2D eigenvalue weighted by atomic mass is 14.5. The van der Waals surface area contributed by atoms with E-state index >= 15 is 0 Å². The van der Waals surface area contributed by atoms with Gasteiger partial charge in [0.15, 0.2) is 0 Å². The molecular formula is C19H23N. The third kappa shape index (κ3) is 3.99. The molecule has 0 unspecified atom stereocenters. The van der Waals surface area contributed by atoms with Gasteiger partial charge in [-0.3, -0.25) is 0 Å². The molecule has 0 aliphatic heterocycles. The zero-order valence-corrected chi connectivity index (χ0v) is 12.2. The van der Waals surface area contributed by atoms with E-state index in [1.54, 1.807) is 6.20 Å². The van der Waals surface area contributed by atoms with Crippen LogP contribution in [0.1, 0.15) is 38.2 Å². The van der Waals surface area contributed by atoms with Crippen molar-refractivity contribution in [3.63, 3.8) is 0 Å². The van der Waals surface area contributed by atoms with Crippen LogP contribution in [0, 0.1) is 0 Å². The minimum atomic E-state index is 1.03. The molecule has 1 nitrogen and oxygen atoms in total. The molecule has 2 N–H and O–H groups in total. The monoisotopic (exact) mass is 265 g/mol. The van der Waals surface area contributed by atoms with Crippen molar-refractivity contribution >= 4 is 5.57 Å². The molecule has 0 atom stereocenters. The lowest BCUT2D eigenvalue weighted by Gasteiger charge is -2.13. The summed E-state index contributed by atoms with van der Waals surface area (Å²) in [5.41, 5.74) is 10.9. The first kappa shape index (κ1) is 14.4. The molecule has 1 heteroatoms. The Morgan fingerprint density at radius 1 is 1.25 bits per heavy atom. The molecule has 1 aromatic rings. The lowest BCUT2D eigenvalue weighted by atomic mass is 9.92. The van der Waals surface area contributed by atoms with Crippen LogP contribution < -0.4 is 5.73 Å². The summed E-state index contributed by atoms with van der Waals surface area (Å²) in [5.74, 6) is 0. The van der Waals surface area contributed by atoms with Gasteiger partial charge in [0.05, 0.1) is 0 Å². The molecule has 20 heavy (non-hydrogen) atoms. The van der Waals surface area contributed by atoms with Gasteiger partial charge in [0.1, 0.15) is 0 Å². The van der Waals surface area contributed by atoms with Crippen molar-refractivity contribution in [2.45, 2.75) is 32.6 Å². The van der Waals surface area contributed by atoms with Gasteiger partial charge in [0.25, 0.3) is 0 Å². The first-order chi connectivity index (χ1) is 9.83. The van der Waals surface area contributed by atoms with Crippen LogP contribution in [0.4, 0.5) is 0 Å². The first-order valence-electron chi connectivity index (χ1n) is 7.35. The summed E-state index contributed by atoms with van der Waals surface area (Å²) in [7, 11) is 0. The lowest BCUT2D eigenvalue weighted by Crippen LogP contribution is -1.92. The van der Waals surface area contributed by atoms with Gasteiger partial charge in [0.2, 0.25) is 0 Å². The summed E-state index contributed by atoms with van der Waals surface area (Å²) in [6.45, 7) is 2.16. The van der Waals surface area contributed by atoms with Crippen molar-refractivity contribution in [3.8, 4) is 0 Å². The molecule has 0 spiro atoms. The summed E-state index contributed by atoms with van der Waals surface area (Å²) in [6.07, 6.45) is 15.0. The van der Waals surface area contributed by atoms with Crippen LogP contribution in [0.3, 0.4) is 0 Å². The highest BCUT2D eigenvalue weighted by Gasteiger charge is 2.06. The van der Waals surface area contributed by atoms with Gasteiger partial charge in [-0.1, -0.05) is 66.6 Å². The zero-order chi connectivity index (χ0) is 14.2. The minimum Gasteiger partial charge on any atom is -0.405 e. The third-order valence-corrected chi connectivity index (χ3v) is 3.64. The van der Waals surface area contributed by atoms with E-state index in [4.69, 9.17) is 5.73 Å². The van der Waals surface area contributed by atoms with E-state index in [1.165, 1.54) is 22.3 Å². The quantitative estimate of drug-likeness (QED) is 0.746. The number of allylic oxidation sites excluding steroid dienone is 7. The van der Waals surface area contributed by atoms with E-state index in [9.17, 15) is 0 Å². The summed E-state index contributed by atoms with van der Waals surface area (Å²) in [6, 6.07) is 10.6. The summed E-state index contributed by atoms with van der Waals surface area (Å²) in [4.78, 5) is 0. The highest BCUT2D eigenvalue weighted by Crippen LogP contribution is 2.27. The van der Waals surface area contributed by atoms with Crippen molar-refractivity contribution in [2.75, 3.05) is 0 Å². The van der Waals surface area contributed by atoms with E-state index in [0.717, 1.165) is 25.7 Å². The number of rotatable bonds is 5. The van der Waals surface area contributed by atoms with Crippen LogP contribution in [-0.4, -0.2) is 0 Å². The molecule has 1 aliphatic rings. The maximum Gasteiger partial charge on any atom is -0.00597 e. The Morgan fingerprint density at radius 3 is 2.75 bits per heavy atom. The third-order valence-electron chi connectivity index (χ3n) is 3.64. The molecule has 0 saturated heterocycles.